The van der Waals surface area contributed by atoms with Crippen LogP contribution in [0.3, 0.4) is 0 Å². The summed E-state index contributed by atoms with van der Waals surface area (Å²) in [7, 11) is 0. The fourth-order valence-corrected chi connectivity index (χ4v) is 7.31. The van der Waals surface area contributed by atoms with Crippen LogP contribution in [0.1, 0.15) is 138 Å². The van der Waals surface area contributed by atoms with Crippen LogP contribution in [0.4, 0.5) is 0 Å². The number of esters is 1. The first kappa shape index (κ1) is 45.0. The number of unbranched alkanes of at least 4 members (excludes halogenated alkanes) is 1. The molecule has 0 aliphatic carbocycles. The van der Waals surface area contributed by atoms with Gasteiger partial charge in [0.25, 0.3) is 0 Å². The van der Waals surface area contributed by atoms with E-state index in [9.17, 15) is 15.0 Å². The Kier molecular flexibility index (Phi) is 13.5. The molecule has 0 radical (unpaired) electrons. The molecule has 0 fully saturated rings. The molecule has 5 nitrogen and oxygen atoms in total. The quantitative estimate of drug-likeness (QED) is 0.0637. The fourth-order valence-electron chi connectivity index (χ4n) is 7.31. The van der Waals surface area contributed by atoms with E-state index in [4.69, 9.17) is 9.47 Å². The van der Waals surface area contributed by atoms with Gasteiger partial charge in [0.05, 0.1) is 6.61 Å². The van der Waals surface area contributed by atoms with Gasteiger partial charge < -0.3 is 19.7 Å². The molecule has 5 aromatic carbocycles. The Hall–Kier alpha value is -5.07. The molecule has 0 spiro atoms. The number of fused-ring (bicyclic) bond motifs is 2. The van der Waals surface area contributed by atoms with Crippen molar-refractivity contribution in [1.29, 1.82) is 0 Å². The summed E-state index contributed by atoms with van der Waals surface area (Å²) in [5.74, 6) is 14.6. The maximum absolute atomic E-state index is 12.4. The lowest BCUT2D eigenvalue weighted by molar-refractivity contribution is -0.132. The molecule has 0 amide bonds. The van der Waals surface area contributed by atoms with Crippen LogP contribution in [0.2, 0.25) is 0 Å². The Balaban J connectivity index is 1.77. The summed E-state index contributed by atoms with van der Waals surface area (Å²) in [4.78, 5) is 12.4. The maximum Gasteiger partial charge on any atom is 0.308 e. The number of ether oxygens (including phenoxy) is 2. The van der Waals surface area contributed by atoms with Crippen LogP contribution >= 0.6 is 0 Å². The number of rotatable bonds is 10. The number of carbonyl (C=O) groups is 1. The van der Waals surface area contributed by atoms with E-state index in [1.165, 1.54) is 26.2 Å². The lowest BCUT2D eigenvalue weighted by Gasteiger charge is -2.30. The van der Waals surface area contributed by atoms with E-state index in [1.807, 2.05) is 12.1 Å². The van der Waals surface area contributed by atoms with Crippen molar-refractivity contribution in [3.63, 3.8) is 0 Å². The van der Waals surface area contributed by atoms with Gasteiger partial charge >= 0.3 is 5.97 Å². The van der Waals surface area contributed by atoms with Gasteiger partial charge in [0.2, 0.25) is 0 Å². The normalized spacial score (nSPS) is 12.7. The van der Waals surface area contributed by atoms with Crippen molar-refractivity contribution in [2.24, 2.45) is 5.92 Å². The van der Waals surface area contributed by atoms with E-state index >= 15 is 0 Å². The average Bonchev–Trinajstić information content (AvgIpc) is 3.14. The van der Waals surface area contributed by atoms with Crippen molar-refractivity contribution in [2.75, 3.05) is 6.61 Å². The number of carbonyl (C=O) groups excluding carboxylic acids is 1. The van der Waals surface area contributed by atoms with Crippen LogP contribution in [-0.2, 0) is 15.6 Å². The van der Waals surface area contributed by atoms with Crippen molar-refractivity contribution >= 4 is 27.5 Å². The highest BCUT2D eigenvalue weighted by Crippen LogP contribution is 2.44. The molecule has 1 atom stereocenters. The summed E-state index contributed by atoms with van der Waals surface area (Å²) in [6.45, 7) is 26.1. The molecule has 1 unspecified atom stereocenters. The number of benzene rings is 5. The van der Waals surface area contributed by atoms with E-state index in [0.717, 1.165) is 78.2 Å². The van der Waals surface area contributed by atoms with Gasteiger partial charge in [-0.15, -0.1) is 0 Å². The highest BCUT2D eigenvalue weighted by atomic mass is 16.5. The van der Waals surface area contributed by atoms with E-state index in [0.29, 0.717) is 18.3 Å². The summed E-state index contributed by atoms with van der Waals surface area (Å²) in [6, 6.07) is 25.2. The Labute approximate surface area is 353 Å². The highest BCUT2D eigenvalue weighted by Gasteiger charge is 2.29. The minimum Gasteiger partial charge on any atom is -0.493 e. The van der Waals surface area contributed by atoms with Gasteiger partial charge in [-0.1, -0.05) is 135 Å². The van der Waals surface area contributed by atoms with E-state index < -0.39 is 11.2 Å². The Morgan fingerprint density at radius 3 is 1.49 bits per heavy atom. The number of hydrogen-bond acceptors (Lipinski definition) is 5. The van der Waals surface area contributed by atoms with Crippen molar-refractivity contribution in [2.45, 2.75) is 138 Å². The molecule has 0 aliphatic rings. The zero-order valence-corrected chi connectivity index (χ0v) is 37.7. The van der Waals surface area contributed by atoms with Gasteiger partial charge in [-0.3, -0.25) is 4.79 Å². The largest absolute Gasteiger partial charge is 0.493 e. The molecular weight excluding hydrogens is 729 g/mol. The molecule has 310 valence electrons. The predicted molar refractivity (Wildman–Crippen MR) is 246 cm³/mol. The van der Waals surface area contributed by atoms with Crippen LogP contribution in [0.5, 0.6) is 11.5 Å². The van der Waals surface area contributed by atoms with Crippen LogP contribution < -0.4 is 9.47 Å². The van der Waals surface area contributed by atoms with Gasteiger partial charge in [-0.05, 0) is 131 Å². The summed E-state index contributed by atoms with van der Waals surface area (Å²) in [5, 5.41) is 25.2. The lowest BCUT2D eigenvalue weighted by Crippen LogP contribution is -2.21. The minimum atomic E-state index is -1.23. The van der Waals surface area contributed by atoms with Gasteiger partial charge in [0.1, 0.15) is 22.7 Å². The average molecular weight is 793 g/mol. The number of aliphatic hydroxyl groups is 2. The van der Waals surface area contributed by atoms with Gasteiger partial charge in [-0.2, -0.15) is 0 Å². The SMILES string of the molecule is CCCCC(CC)COc1ccc(-c2ccc3c(C#CC(C)(C)O)c4cc(-c5cc(C(C)(C)C)c(OC(C)=O)c(C(C)(C)C)c5)ccc4c(C#CC(C)(C)O)c3c2)cc1. The second kappa shape index (κ2) is 17.6. The monoisotopic (exact) mass is 792 g/mol. The third kappa shape index (κ3) is 11.4. The second-order valence-electron chi connectivity index (χ2n) is 19.1. The fraction of sp³-hybridized carbons (Fsp3) is 0.426. The molecule has 5 rings (SSSR count). The Morgan fingerprint density at radius 1 is 0.627 bits per heavy atom. The molecule has 0 aliphatic heterocycles. The summed E-state index contributed by atoms with van der Waals surface area (Å²) < 4.78 is 12.2. The third-order valence-electron chi connectivity index (χ3n) is 10.6. The Bertz CT molecular complexity index is 2420. The van der Waals surface area contributed by atoms with Gasteiger partial charge in [0, 0.05) is 29.2 Å². The van der Waals surface area contributed by atoms with Crippen LogP contribution in [0.25, 0.3) is 43.8 Å². The molecule has 0 saturated heterocycles. The predicted octanol–water partition coefficient (Wildman–Crippen LogP) is 12.7. The van der Waals surface area contributed by atoms with E-state index in [-0.39, 0.29) is 16.8 Å². The zero-order chi connectivity index (χ0) is 43.5. The first-order valence-corrected chi connectivity index (χ1v) is 21.1. The first-order valence-electron chi connectivity index (χ1n) is 21.1. The highest BCUT2D eigenvalue weighted by molar-refractivity contribution is 6.11. The van der Waals surface area contributed by atoms with Crippen LogP contribution in [-0.4, -0.2) is 34.0 Å². The maximum atomic E-state index is 12.4. The van der Waals surface area contributed by atoms with Crippen molar-refractivity contribution < 1.29 is 24.5 Å². The molecule has 2 N–H and O–H groups in total. The van der Waals surface area contributed by atoms with E-state index in [2.05, 4.69) is 140 Å². The molecule has 59 heavy (non-hydrogen) atoms. The van der Waals surface area contributed by atoms with Gasteiger partial charge in [0.15, 0.2) is 0 Å². The summed E-state index contributed by atoms with van der Waals surface area (Å²) >= 11 is 0. The van der Waals surface area contributed by atoms with Crippen molar-refractivity contribution in [3.05, 3.63) is 95.1 Å². The smallest absolute Gasteiger partial charge is 0.308 e. The molecule has 0 saturated carbocycles. The topological polar surface area (TPSA) is 76.0 Å². The molecule has 0 bridgehead atoms. The lowest BCUT2D eigenvalue weighted by atomic mass is 9.77. The third-order valence-corrected chi connectivity index (χ3v) is 10.6. The zero-order valence-electron chi connectivity index (χ0n) is 37.7. The van der Waals surface area contributed by atoms with Crippen LogP contribution in [0.15, 0.2) is 72.8 Å². The van der Waals surface area contributed by atoms with Crippen LogP contribution in [0, 0.1) is 29.6 Å². The summed E-state index contributed by atoms with van der Waals surface area (Å²) in [5.41, 5.74) is 4.34. The van der Waals surface area contributed by atoms with E-state index in [1.54, 1.807) is 27.7 Å². The molecule has 5 heteroatoms. The number of hydrogen-bond donors (Lipinski definition) is 2. The minimum absolute atomic E-state index is 0.325. The van der Waals surface area contributed by atoms with Crippen molar-refractivity contribution in [1.82, 2.24) is 0 Å². The summed E-state index contributed by atoms with van der Waals surface area (Å²) in [6.07, 6.45) is 4.70. The molecule has 0 aromatic heterocycles. The van der Waals surface area contributed by atoms with Gasteiger partial charge in [-0.25, -0.2) is 0 Å². The first-order chi connectivity index (χ1) is 27.5. The van der Waals surface area contributed by atoms with Crippen molar-refractivity contribution in [3.8, 4) is 57.4 Å². The molecule has 0 heterocycles. The second-order valence-corrected chi connectivity index (χ2v) is 19.1. The molecular formula is C54H64O5. The Morgan fingerprint density at radius 2 is 1.08 bits per heavy atom. The standard InChI is InChI=1S/C54H64O5/c1-14-16-17-36(15-2)34-58-41-22-18-37(19-23-41)38-20-24-42-45(27-29-54(12,13)57)47-31-39(21-25-43(47)44(46(42)30-38)26-28-53(10,11)56)40-32-48(51(4,5)6)50(59-35(3)55)49(33-40)52(7,8)9/h18-25,30-33,36,56-57H,14-17,34H2,1-13H3. The molecule has 5 aromatic rings.